The molecular formula is C32H36N2+2. The minimum Gasteiger partial charge on any atom is -0.201 e. The molecule has 1 fully saturated rings. The molecule has 172 valence electrons. The van der Waals surface area contributed by atoms with Gasteiger partial charge in [0.2, 0.25) is 11.4 Å². The molecule has 2 aromatic heterocycles. The average Bonchev–Trinajstić information content (AvgIpc) is 2.86. The molecule has 2 heteroatoms. The van der Waals surface area contributed by atoms with Gasteiger partial charge < -0.3 is 0 Å². The van der Waals surface area contributed by atoms with Gasteiger partial charge in [-0.3, -0.25) is 0 Å². The predicted octanol–water partition coefficient (Wildman–Crippen LogP) is 7.00. The van der Waals surface area contributed by atoms with E-state index in [1.54, 1.807) is 0 Å². The molecule has 2 heterocycles. The van der Waals surface area contributed by atoms with E-state index in [-0.39, 0.29) is 0 Å². The monoisotopic (exact) mass is 448 g/mol. The summed E-state index contributed by atoms with van der Waals surface area (Å²) in [6, 6.07) is 24.9. The first-order valence-electron chi connectivity index (χ1n) is 12.7. The number of hydrogen-bond donors (Lipinski definition) is 0. The van der Waals surface area contributed by atoms with E-state index in [2.05, 4.69) is 116 Å². The number of rotatable bonds is 4. The Labute approximate surface area is 204 Å². The van der Waals surface area contributed by atoms with E-state index in [0.29, 0.717) is 0 Å². The molecule has 0 N–H and O–H groups in total. The van der Waals surface area contributed by atoms with Crippen molar-refractivity contribution in [1.29, 1.82) is 0 Å². The predicted molar refractivity (Wildman–Crippen MR) is 140 cm³/mol. The van der Waals surface area contributed by atoms with E-state index >= 15 is 0 Å². The summed E-state index contributed by atoms with van der Waals surface area (Å²) in [4.78, 5) is 0. The third kappa shape index (κ3) is 4.30. The molecule has 0 amide bonds. The van der Waals surface area contributed by atoms with E-state index in [9.17, 15) is 0 Å². The quantitative estimate of drug-likeness (QED) is 0.297. The maximum Gasteiger partial charge on any atom is 0.212 e. The molecule has 1 aliphatic carbocycles. The summed E-state index contributed by atoms with van der Waals surface area (Å²) in [5, 5.41) is 0. The fourth-order valence-electron chi connectivity index (χ4n) is 5.71. The molecule has 2 aromatic carbocycles. The van der Waals surface area contributed by atoms with Crippen LogP contribution in [0.15, 0.2) is 79.1 Å². The molecule has 5 rings (SSSR count). The zero-order valence-electron chi connectivity index (χ0n) is 21.0. The van der Waals surface area contributed by atoms with Gasteiger partial charge in [0.25, 0.3) is 0 Å². The van der Waals surface area contributed by atoms with Crippen LogP contribution in [0, 0.1) is 13.8 Å². The lowest BCUT2D eigenvalue weighted by Gasteiger charge is -2.23. The first kappa shape index (κ1) is 22.5. The minimum absolute atomic E-state index is 0.734. The van der Waals surface area contributed by atoms with Crippen LogP contribution in [-0.4, -0.2) is 0 Å². The van der Waals surface area contributed by atoms with Gasteiger partial charge >= 0.3 is 0 Å². The third-order valence-corrected chi connectivity index (χ3v) is 7.71. The third-order valence-electron chi connectivity index (χ3n) is 7.71. The Kier molecular flexibility index (Phi) is 6.32. The zero-order chi connectivity index (χ0) is 23.7. The molecule has 0 bridgehead atoms. The summed E-state index contributed by atoms with van der Waals surface area (Å²) in [5.41, 5.74) is 11.9. The van der Waals surface area contributed by atoms with Crippen LogP contribution < -0.4 is 9.13 Å². The van der Waals surface area contributed by atoms with Gasteiger partial charge in [0.1, 0.15) is 14.1 Å². The molecule has 1 saturated carbocycles. The van der Waals surface area contributed by atoms with Gasteiger partial charge in [0, 0.05) is 24.3 Å². The van der Waals surface area contributed by atoms with E-state index in [1.165, 1.54) is 82.4 Å². The molecule has 0 unspecified atom stereocenters. The Morgan fingerprint density at radius 1 is 0.647 bits per heavy atom. The lowest BCUT2D eigenvalue weighted by molar-refractivity contribution is -0.660. The maximum absolute atomic E-state index is 2.45. The van der Waals surface area contributed by atoms with Crippen LogP contribution in [0.1, 0.15) is 54.7 Å². The molecule has 34 heavy (non-hydrogen) atoms. The van der Waals surface area contributed by atoms with Crippen molar-refractivity contribution in [3.8, 4) is 33.6 Å². The second-order valence-electron chi connectivity index (χ2n) is 10.00. The first-order chi connectivity index (χ1) is 16.5. The number of aromatic nitrogens is 2. The molecule has 0 aliphatic heterocycles. The summed E-state index contributed by atoms with van der Waals surface area (Å²) in [6.45, 7) is 4.54. The Bertz CT molecular complexity index is 1260. The normalized spacial score (nSPS) is 14.4. The molecule has 0 radical (unpaired) electrons. The van der Waals surface area contributed by atoms with Crippen LogP contribution in [-0.2, 0) is 14.1 Å². The zero-order valence-corrected chi connectivity index (χ0v) is 21.0. The fraction of sp³-hybridized carbons (Fsp3) is 0.312. The Morgan fingerprint density at radius 3 is 1.76 bits per heavy atom. The largest absolute Gasteiger partial charge is 0.212 e. The van der Waals surface area contributed by atoms with Crippen molar-refractivity contribution in [1.82, 2.24) is 0 Å². The SMILES string of the molecule is Cc1cc(C2CCCCC2)ccc1-c1cc(-c2cccc[n+]2C)c(C)c(-c2cccc[n+]2C)c1. The van der Waals surface area contributed by atoms with Gasteiger partial charge in [-0.05, 0) is 84.7 Å². The lowest BCUT2D eigenvalue weighted by atomic mass is 9.82. The smallest absolute Gasteiger partial charge is 0.201 e. The van der Waals surface area contributed by atoms with Crippen LogP contribution in [0.3, 0.4) is 0 Å². The molecule has 2 nitrogen and oxygen atoms in total. The summed E-state index contributed by atoms with van der Waals surface area (Å²) < 4.78 is 4.44. The van der Waals surface area contributed by atoms with Crippen molar-refractivity contribution in [2.45, 2.75) is 51.9 Å². The van der Waals surface area contributed by atoms with Crippen molar-refractivity contribution in [3.05, 3.63) is 95.8 Å². The maximum atomic E-state index is 2.45. The Hall–Kier alpha value is -3.26. The topological polar surface area (TPSA) is 7.76 Å². The van der Waals surface area contributed by atoms with E-state index in [1.807, 2.05) is 0 Å². The first-order valence-corrected chi connectivity index (χ1v) is 12.7. The Morgan fingerprint density at radius 2 is 1.24 bits per heavy atom. The molecule has 1 aliphatic rings. The van der Waals surface area contributed by atoms with Gasteiger partial charge in [-0.15, -0.1) is 0 Å². The second kappa shape index (κ2) is 9.54. The van der Waals surface area contributed by atoms with Crippen LogP contribution in [0.25, 0.3) is 33.6 Å². The highest BCUT2D eigenvalue weighted by molar-refractivity contribution is 5.82. The van der Waals surface area contributed by atoms with Gasteiger partial charge in [-0.25, -0.2) is 9.13 Å². The van der Waals surface area contributed by atoms with Crippen LogP contribution in [0.4, 0.5) is 0 Å². The van der Waals surface area contributed by atoms with Gasteiger partial charge in [0.05, 0.1) is 11.1 Å². The number of aryl methyl sites for hydroxylation is 3. The van der Waals surface area contributed by atoms with Crippen molar-refractivity contribution >= 4 is 0 Å². The summed E-state index contributed by atoms with van der Waals surface area (Å²) in [5.74, 6) is 0.734. The van der Waals surface area contributed by atoms with Gasteiger partial charge in [0.15, 0.2) is 12.4 Å². The van der Waals surface area contributed by atoms with Crippen molar-refractivity contribution < 1.29 is 9.13 Å². The fourth-order valence-corrected chi connectivity index (χ4v) is 5.71. The minimum atomic E-state index is 0.734. The number of hydrogen-bond acceptors (Lipinski definition) is 0. The standard InChI is InChI=1S/C32H36N2/c1-23-20-26(25-12-6-5-7-13-25)16-17-28(23)27-21-29(31-14-8-10-18-33(31)3)24(2)30(22-27)32-15-9-11-19-34(32)4/h8-11,14-22,25H,5-7,12-13H2,1-4H3/q+2. The number of pyridine rings is 2. The number of benzene rings is 2. The van der Waals surface area contributed by atoms with Crippen molar-refractivity contribution in [2.75, 3.05) is 0 Å². The molecular weight excluding hydrogens is 412 g/mol. The summed E-state index contributed by atoms with van der Waals surface area (Å²) >= 11 is 0. The molecule has 0 saturated heterocycles. The highest BCUT2D eigenvalue weighted by Gasteiger charge is 2.22. The van der Waals surface area contributed by atoms with Crippen molar-refractivity contribution in [2.24, 2.45) is 14.1 Å². The van der Waals surface area contributed by atoms with Crippen LogP contribution in [0.2, 0.25) is 0 Å². The van der Waals surface area contributed by atoms with Crippen LogP contribution >= 0.6 is 0 Å². The molecule has 4 aromatic rings. The van der Waals surface area contributed by atoms with Crippen LogP contribution in [0.5, 0.6) is 0 Å². The highest BCUT2D eigenvalue weighted by Crippen LogP contribution is 2.38. The summed E-state index contributed by atoms with van der Waals surface area (Å²) in [6.07, 6.45) is 11.1. The second-order valence-corrected chi connectivity index (χ2v) is 10.00. The lowest BCUT2D eigenvalue weighted by Crippen LogP contribution is -2.31. The van der Waals surface area contributed by atoms with E-state index < -0.39 is 0 Å². The van der Waals surface area contributed by atoms with E-state index in [0.717, 1.165) is 5.92 Å². The highest BCUT2D eigenvalue weighted by atomic mass is 14.9. The Balaban J connectivity index is 1.68. The van der Waals surface area contributed by atoms with E-state index in [4.69, 9.17) is 0 Å². The van der Waals surface area contributed by atoms with Gasteiger partial charge in [-0.1, -0.05) is 37.5 Å². The molecule has 0 atom stereocenters. The number of nitrogens with zero attached hydrogens (tertiary/aromatic N) is 2. The average molecular weight is 449 g/mol. The molecule has 0 spiro atoms. The van der Waals surface area contributed by atoms with Crippen molar-refractivity contribution in [3.63, 3.8) is 0 Å². The van der Waals surface area contributed by atoms with Gasteiger partial charge in [-0.2, -0.15) is 0 Å². The summed E-state index contributed by atoms with van der Waals surface area (Å²) in [7, 11) is 4.27.